The van der Waals surface area contributed by atoms with Gasteiger partial charge in [-0.2, -0.15) is 13.2 Å². The number of amides is 1. The zero-order valence-corrected chi connectivity index (χ0v) is 16.7. The number of hydrogen-bond acceptors (Lipinski definition) is 3. The smallest absolute Gasteiger partial charge is 0.418 e. The standard InChI is InChI=1S/C18H22BrF3N2O2/c1-17(2,3)26-16(25)24-6-5-14-12(9-24)11-7-10(19)8-13(18(20,21)22)15(11)23(14)4/h7-8,12,14H,5-6,9H2,1-4H3/t12-,14-/m1/s1. The summed E-state index contributed by atoms with van der Waals surface area (Å²) in [5.41, 5.74) is -0.387. The minimum Gasteiger partial charge on any atom is -0.444 e. The summed E-state index contributed by atoms with van der Waals surface area (Å²) in [5.74, 6) is -0.171. The lowest BCUT2D eigenvalue weighted by Gasteiger charge is -2.38. The van der Waals surface area contributed by atoms with Crippen LogP contribution in [0.15, 0.2) is 16.6 Å². The Balaban J connectivity index is 1.94. The number of carbonyl (C=O) groups is 1. The van der Waals surface area contributed by atoms with E-state index in [9.17, 15) is 18.0 Å². The maximum atomic E-state index is 13.5. The van der Waals surface area contributed by atoms with Crippen LogP contribution in [0.5, 0.6) is 0 Å². The quantitative estimate of drug-likeness (QED) is 0.575. The van der Waals surface area contributed by atoms with E-state index in [4.69, 9.17) is 4.74 Å². The first-order valence-electron chi connectivity index (χ1n) is 8.50. The van der Waals surface area contributed by atoms with Gasteiger partial charge in [0.1, 0.15) is 5.60 Å². The summed E-state index contributed by atoms with van der Waals surface area (Å²) >= 11 is 3.20. The van der Waals surface area contributed by atoms with E-state index in [0.717, 1.165) is 6.07 Å². The Morgan fingerprint density at radius 1 is 1.27 bits per heavy atom. The lowest BCUT2D eigenvalue weighted by atomic mass is 9.89. The van der Waals surface area contributed by atoms with Crippen molar-refractivity contribution in [2.24, 2.45) is 0 Å². The highest BCUT2D eigenvalue weighted by Crippen LogP contribution is 2.50. The SMILES string of the molecule is CN1c2c(cc(Br)cc2C(F)(F)F)[C@H]2CN(C(=O)OC(C)(C)C)CC[C@H]21. The Morgan fingerprint density at radius 2 is 1.92 bits per heavy atom. The van der Waals surface area contributed by atoms with Gasteiger partial charge in [-0.05, 0) is 44.9 Å². The van der Waals surface area contributed by atoms with Gasteiger partial charge in [-0.3, -0.25) is 0 Å². The molecule has 1 aromatic rings. The maximum absolute atomic E-state index is 13.5. The molecule has 1 fully saturated rings. The van der Waals surface area contributed by atoms with Crippen LogP contribution in [0.1, 0.15) is 44.2 Å². The second-order valence-electron chi connectivity index (χ2n) is 7.89. The molecule has 0 aliphatic carbocycles. The van der Waals surface area contributed by atoms with Crippen molar-refractivity contribution < 1.29 is 22.7 Å². The Kier molecular flexibility index (Phi) is 4.70. The van der Waals surface area contributed by atoms with Gasteiger partial charge in [0.05, 0.1) is 11.3 Å². The molecule has 26 heavy (non-hydrogen) atoms. The molecule has 0 unspecified atom stereocenters. The average Bonchev–Trinajstić information content (AvgIpc) is 2.76. The number of ether oxygens (including phenoxy) is 1. The molecular formula is C18H22BrF3N2O2. The lowest BCUT2D eigenvalue weighted by Crippen LogP contribution is -2.48. The number of anilines is 1. The topological polar surface area (TPSA) is 32.8 Å². The Labute approximate surface area is 159 Å². The molecule has 0 radical (unpaired) electrons. The van der Waals surface area contributed by atoms with Crippen LogP contribution in [0.25, 0.3) is 0 Å². The number of piperidine rings is 1. The minimum atomic E-state index is -4.43. The number of hydrogen-bond donors (Lipinski definition) is 0. The van der Waals surface area contributed by atoms with Crippen LogP contribution in [0.3, 0.4) is 0 Å². The molecule has 144 valence electrons. The molecule has 1 aromatic carbocycles. The van der Waals surface area contributed by atoms with E-state index >= 15 is 0 Å². The van der Waals surface area contributed by atoms with Crippen molar-refractivity contribution >= 4 is 27.7 Å². The van der Waals surface area contributed by atoms with Crippen LogP contribution in [0.4, 0.5) is 23.7 Å². The fourth-order valence-corrected chi connectivity index (χ4v) is 4.36. The molecule has 8 heteroatoms. The van der Waals surface area contributed by atoms with Gasteiger partial charge in [0, 0.05) is 36.6 Å². The fourth-order valence-electron chi connectivity index (χ4n) is 3.88. The van der Waals surface area contributed by atoms with E-state index in [1.165, 1.54) is 0 Å². The summed E-state index contributed by atoms with van der Waals surface area (Å²) in [4.78, 5) is 15.7. The number of likely N-dealkylation sites (tertiary alicyclic amines) is 1. The third-order valence-corrected chi connectivity index (χ3v) is 5.35. The van der Waals surface area contributed by atoms with Gasteiger partial charge in [0.25, 0.3) is 0 Å². The first kappa shape index (κ1) is 19.3. The van der Waals surface area contributed by atoms with Gasteiger partial charge >= 0.3 is 12.3 Å². The van der Waals surface area contributed by atoms with E-state index < -0.39 is 23.4 Å². The Bertz CT molecular complexity index is 730. The maximum Gasteiger partial charge on any atom is 0.418 e. The molecule has 0 saturated carbocycles. The van der Waals surface area contributed by atoms with Crippen LogP contribution in [0.2, 0.25) is 0 Å². The van der Waals surface area contributed by atoms with Crippen LogP contribution in [-0.4, -0.2) is 42.8 Å². The van der Waals surface area contributed by atoms with Gasteiger partial charge in [0.2, 0.25) is 0 Å². The fraction of sp³-hybridized carbons (Fsp3) is 0.611. The number of rotatable bonds is 0. The summed E-state index contributed by atoms with van der Waals surface area (Å²) < 4.78 is 46.4. The van der Waals surface area contributed by atoms with Crippen molar-refractivity contribution in [3.05, 3.63) is 27.7 Å². The average molecular weight is 435 g/mol. The van der Waals surface area contributed by atoms with Crippen molar-refractivity contribution in [3.8, 4) is 0 Å². The van der Waals surface area contributed by atoms with Gasteiger partial charge in [0.15, 0.2) is 0 Å². The predicted molar refractivity (Wildman–Crippen MR) is 96.5 cm³/mol. The molecule has 4 nitrogen and oxygen atoms in total. The summed E-state index contributed by atoms with van der Waals surface area (Å²) in [6.07, 6.45) is -4.25. The molecule has 0 bridgehead atoms. The van der Waals surface area contributed by atoms with E-state index in [1.807, 2.05) is 0 Å². The molecule has 2 heterocycles. The highest BCUT2D eigenvalue weighted by molar-refractivity contribution is 9.10. The first-order chi connectivity index (χ1) is 11.9. The molecule has 1 amide bonds. The predicted octanol–water partition coefficient (Wildman–Crippen LogP) is 5.01. The van der Waals surface area contributed by atoms with Gasteiger partial charge in [-0.25, -0.2) is 4.79 Å². The number of nitrogens with zero attached hydrogens (tertiary/aromatic N) is 2. The summed E-state index contributed by atoms with van der Waals surface area (Å²) in [5, 5.41) is 0. The van der Waals surface area contributed by atoms with Crippen LogP contribution in [0, 0.1) is 0 Å². The Hall–Kier alpha value is -1.44. The van der Waals surface area contributed by atoms with E-state index in [2.05, 4.69) is 15.9 Å². The van der Waals surface area contributed by atoms with Crippen molar-refractivity contribution in [1.82, 2.24) is 4.90 Å². The number of alkyl halides is 3. The lowest BCUT2D eigenvalue weighted by molar-refractivity contribution is -0.137. The molecule has 0 spiro atoms. The normalized spacial score (nSPS) is 22.9. The summed E-state index contributed by atoms with van der Waals surface area (Å²) in [6.45, 7) is 6.21. The van der Waals surface area contributed by atoms with Crippen molar-refractivity contribution in [3.63, 3.8) is 0 Å². The highest BCUT2D eigenvalue weighted by Gasteiger charge is 2.47. The second kappa shape index (κ2) is 6.32. The third kappa shape index (κ3) is 3.52. The van der Waals surface area contributed by atoms with E-state index in [0.29, 0.717) is 29.5 Å². The first-order valence-corrected chi connectivity index (χ1v) is 9.29. The molecule has 0 aromatic heterocycles. The minimum absolute atomic E-state index is 0.0564. The van der Waals surface area contributed by atoms with Crippen molar-refractivity contribution in [1.29, 1.82) is 0 Å². The molecule has 0 N–H and O–H groups in total. The molecule has 2 aliphatic rings. The number of likely N-dealkylation sites (N-methyl/N-ethyl adjacent to an activating group) is 1. The van der Waals surface area contributed by atoms with Crippen molar-refractivity contribution in [2.45, 2.75) is 50.9 Å². The molecule has 1 saturated heterocycles. The van der Waals surface area contributed by atoms with Gasteiger partial charge < -0.3 is 14.5 Å². The molecule has 3 rings (SSSR count). The summed E-state index contributed by atoms with van der Waals surface area (Å²) in [6, 6.07) is 2.81. The Morgan fingerprint density at radius 3 is 2.50 bits per heavy atom. The molecule has 2 atom stereocenters. The van der Waals surface area contributed by atoms with E-state index in [1.54, 1.807) is 43.7 Å². The van der Waals surface area contributed by atoms with E-state index in [-0.39, 0.29) is 17.6 Å². The number of carbonyl (C=O) groups excluding carboxylic acids is 1. The highest BCUT2D eigenvalue weighted by atomic mass is 79.9. The van der Waals surface area contributed by atoms with Crippen molar-refractivity contribution in [2.75, 3.05) is 25.0 Å². The zero-order valence-electron chi connectivity index (χ0n) is 15.2. The number of halogens is 4. The largest absolute Gasteiger partial charge is 0.444 e. The van der Waals surface area contributed by atoms with Crippen LogP contribution in [-0.2, 0) is 10.9 Å². The number of benzene rings is 1. The molecule has 2 aliphatic heterocycles. The summed E-state index contributed by atoms with van der Waals surface area (Å²) in [7, 11) is 1.70. The monoisotopic (exact) mass is 434 g/mol. The second-order valence-corrected chi connectivity index (χ2v) is 8.80. The number of fused-ring (bicyclic) bond motifs is 3. The van der Waals surface area contributed by atoms with Crippen LogP contribution >= 0.6 is 15.9 Å². The van der Waals surface area contributed by atoms with Crippen LogP contribution < -0.4 is 4.90 Å². The van der Waals surface area contributed by atoms with Gasteiger partial charge in [-0.1, -0.05) is 15.9 Å². The zero-order chi connectivity index (χ0) is 19.4. The third-order valence-electron chi connectivity index (χ3n) is 4.89. The van der Waals surface area contributed by atoms with Gasteiger partial charge in [-0.15, -0.1) is 0 Å². The molecular weight excluding hydrogens is 413 g/mol.